The van der Waals surface area contributed by atoms with Crippen LogP contribution in [-0.2, 0) is 16.1 Å². The van der Waals surface area contributed by atoms with E-state index in [1.807, 2.05) is 35.0 Å². The van der Waals surface area contributed by atoms with Gasteiger partial charge >= 0.3 is 5.97 Å². The minimum atomic E-state index is -0.334. The highest BCUT2D eigenvalue weighted by atomic mass is 35.5. The van der Waals surface area contributed by atoms with Crippen molar-refractivity contribution in [1.29, 1.82) is 0 Å². The standard InChI is InChI=1S/C19H25ClN2O2/c1-2-3-4-5-6-7-19(23)24-18(14-22-13-12-21-15-22)16-8-10-17(20)11-9-16/h8-13,15,18H,2-7,14H2,1H3. The first kappa shape index (κ1) is 18.5. The third-order valence-corrected chi connectivity index (χ3v) is 4.19. The van der Waals surface area contributed by atoms with Gasteiger partial charge in [0, 0.05) is 23.8 Å². The van der Waals surface area contributed by atoms with Crippen LogP contribution in [0.1, 0.15) is 57.1 Å². The molecule has 0 aliphatic rings. The SMILES string of the molecule is CCCCCCCC(=O)OC(Cn1ccnc1)c1ccc(Cl)cc1. The van der Waals surface area contributed by atoms with Crippen LogP contribution in [0.3, 0.4) is 0 Å². The molecule has 0 saturated carbocycles. The van der Waals surface area contributed by atoms with Gasteiger partial charge in [0.1, 0.15) is 6.10 Å². The summed E-state index contributed by atoms with van der Waals surface area (Å²) in [5.74, 6) is -0.147. The van der Waals surface area contributed by atoms with E-state index in [-0.39, 0.29) is 12.1 Å². The first-order valence-electron chi connectivity index (χ1n) is 8.59. The molecule has 1 heterocycles. The predicted molar refractivity (Wildman–Crippen MR) is 95.9 cm³/mol. The molecule has 1 unspecified atom stereocenters. The van der Waals surface area contributed by atoms with Gasteiger partial charge in [-0.1, -0.05) is 56.3 Å². The lowest BCUT2D eigenvalue weighted by atomic mass is 10.1. The van der Waals surface area contributed by atoms with Crippen LogP contribution in [0.4, 0.5) is 0 Å². The number of esters is 1. The van der Waals surface area contributed by atoms with Crippen molar-refractivity contribution < 1.29 is 9.53 Å². The van der Waals surface area contributed by atoms with Gasteiger partial charge in [-0.05, 0) is 24.1 Å². The number of benzene rings is 1. The zero-order chi connectivity index (χ0) is 17.2. The van der Waals surface area contributed by atoms with Gasteiger partial charge in [-0.2, -0.15) is 0 Å². The Labute approximate surface area is 148 Å². The summed E-state index contributed by atoms with van der Waals surface area (Å²) < 4.78 is 7.64. The molecule has 0 N–H and O–H groups in total. The predicted octanol–water partition coefficient (Wildman–Crippen LogP) is 5.18. The van der Waals surface area contributed by atoms with Crippen molar-refractivity contribution in [3.05, 3.63) is 53.6 Å². The topological polar surface area (TPSA) is 44.1 Å². The number of aromatic nitrogens is 2. The van der Waals surface area contributed by atoms with Crippen LogP contribution < -0.4 is 0 Å². The van der Waals surface area contributed by atoms with E-state index in [0.717, 1.165) is 18.4 Å². The second-order valence-electron chi connectivity index (χ2n) is 5.95. The molecule has 0 aliphatic heterocycles. The van der Waals surface area contributed by atoms with Gasteiger partial charge in [0.05, 0.1) is 12.9 Å². The van der Waals surface area contributed by atoms with E-state index in [9.17, 15) is 4.79 Å². The summed E-state index contributed by atoms with van der Waals surface area (Å²) in [5.41, 5.74) is 0.937. The van der Waals surface area contributed by atoms with Gasteiger partial charge in [-0.25, -0.2) is 4.98 Å². The minimum absolute atomic E-state index is 0.147. The fourth-order valence-electron chi connectivity index (χ4n) is 2.56. The van der Waals surface area contributed by atoms with Crippen molar-refractivity contribution in [3.8, 4) is 0 Å². The molecule has 1 aromatic heterocycles. The molecule has 0 saturated heterocycles. The molecule has 0 fully saturated rings. The second-order valence-corrected chi connectivity index (χ2v) is 6.39. The van der Waals surface area contributed by atoms with Gasteiger partial charge < -0.3 is 9.30 Å². The first-order valence-corrected chi connectivity index (χ1v) is 8.97. The Morgan fingerprint density at radius 1 is 1.21 bits per heavy atom. The lowest BCUT2D eigenvalue weighted by molar-refractivity contribution is -0.150. The molecular weight excluding hydrogens is 324 g/mol. The van der Waals surface area contributed by atoms with Gasteiger partial charge in [0.15, 0.2) is 0 Å². The molecule has 0 radical (unpaired) electrons. The molecule has 4 nitrogen and oxygen atoms in total. The third-order valence-electron chi connectivity index (χ3n) is 3.94. The van der Waals surface area contributed by atoms with E-state index < -0.39 is 0 Å². The van der Waals surface area contributed by atoms with E-state index in [1.165, 1.54) is 19.3 Å². The molecule has 0 bridgehead atoms. The number of nitrogens with zero attached hydrogens (tertiary/aromatic N) is 2. The molecule has 0 amide bonds. The Morgan fingerprint density at radius 3 is 2.62 bits per heavy atom. The van der Waals surface area contributed by atoms with Crippen molar-refractivity contribution in [2.24, 2.45) is 0 Å². The molecule has 5 heteroatoms. The average Bonchev–Trinajstić information content (AvgIpc) is 3.08. The van der Waals surface area contributed by atoms with E-state index in [1.54, 1.807) is 12.5 Å². The molecule has 0 spiro atoms. The number of carbonyl (C=O) groups is 1. The summed E-state index contributed by atoms with van der Waals surface area (Å²) in [6.07, 6.45) is 11.0. The van der Waals surface area contributed by atoms with Gasteiger partial charge in [-0.3, -0.25) is 4.79 Å². The number of imidazole rings is 1. The van der Waals surface area contributed by atoms with Crippen LogP contribution in [0.25, 0.3) is 0 Å². The average molecular weight is 349 g/mol. The molecule has 2 rings (SSSR count). The Hall–Kier alpha value is -1.81. The first-order chi connectivity index (χ1) is 11.7. The normalized spacial score (nSPS) is 12.1. The molecular formula is C19H25ClN2O2. The summed E-state index contributed by atoms with van der Waals surface area (Å²) in [5, 5.41) is 0.669. The zero-order valence-electron chi connectivity index (χ0n) is 14.2. The van der Waals surface area contributed by atoms with Crippen molar-refractivity contribution in [3.63, 3.8) is 0 Å². The number of halogens is 1. The lowest BCUT2D eigenvalue weighted by Gasteiger charge is -2.19. The molecule has 1 atom stereocenters. The van der Waals surface area contributed by atoms with Crippen LogP contribution in [-0.4, -0.2) is 15.5 Å². The number of hydrogen-bond donors (Lipinski definition) is 0. The van der Waals surface area contributed by atoms with Gasteiger partial charge in [-0.15, -0.1) is 0 Å². The Balaban J connectivity index is 1.92. The Kier molecular flexibility index (Phi) is 7.83. The maximum absolute atomic E-state index is 12.2. The van der Waals surface area contributed by atoms with Gasteiger partial charge in [0.2, 0.25) is 0 Å². The Bertz CT molecular complexity index is 596. The van der Waals surface area contributed by atoms with E-state index in [2.05, 4.69) is 11.9 Å². The minimum Gasteiger partial charge on any atom is -0.456 e. The van der Waals surface area contributed by atoms with Crippen LogP contribution in [0, 0.1) is 0 Å². The Morgan fingerprint density at radius 2 is 1.96 bits per heavy atom. The number of rotatable bonds is 10. The maximum atomic E-state index is 12.2. The highest BCUT2D eigenvalue weighted by Gasteiger charge is 2.17. The zero-order valence-corrected chi connectivity index (χ0v) is 14.9. The fraction of sp³-hybridized carbons (Fsp3) is 0.474. The summed E-state index contributed by atoms with van der Waals surface area (Å²) in [6, 6.07) is 7.43. The monoisotopic (exact) mass is 348 g/mol. The van der Waals surface area contributed by atoms with E-state index >= 15 is 0 Å². The second kappa shape index (κ2) is 10.1. The maximum Gasteiger partial charge on any atom is 0.306 e. The smallest absolute Gasteiger partial charge is 0.306 e. The van der Waals surface area contributed by atoms with Gasteiger partial charge in [0.25, 0.3) is 0 Å². The van der Waals surface area contributed by atoms with E-state index in [0.29, 0.717) is 18.0 Å². The molecule has 130 valence electrons. The quantitative estimate of drug-likeness (QED) is 0.439. The number of ether oxygens (including phenoxy) is 1. The van der Waals surface area contributed by atoms with Crippen molar-refractivity contribution in [2.75, 3.05) is 0 Å². The van der Waals surface area contributed by atoms with Crippen molar-refractivity contribution >= 4 is 17.6 Å². The highest BCUT2D eigenvalue weighted by molar-refractivity contribution is 6.30. The summed E-state index contributed by atoms with van der Waals surface area (Å²) >= 11 is 5.95. The molecule has 2 aromatic rings. The highest BCUT2D eigenvalue weighted by Crippen LogP contribution is 2.23. The van der Waals surface area contributed by atoms with Crippen LogP contribution in [0.2, 0.25) is 5.02 Å². The van der Waals surface area contributed by atoms with Crippen LogP contribution in [0.15, 0.2) is 43.0 Å². The van der Waals surface area contributed by atoms with E-state index in [4.69, 9.17) is 16.3 Å². The van der Waals surface area contributed by atoms with Crippen LogP contribution in [0.5, 0.6) is 0 Å². The number of hydrogen-bond acceptors (Lipinski definition) is 3. The fourth-order valence-corrected chi connectivity index (χ4v) is 2.69. The summed E-state index contributed by atoms with van der Waals surface area (Å²) in [4.78, 5) is 16.2. The lowest BCUT2D eigenvalue weighted by Crippen LogP contribution is -2.16. The summed E-state index contributed by atoms with van der Waals surface area (Å²) in [7, 11) is 0. The molecule has 1 aromatic carbocycles. The number of unbranched alkanes of at least 4 members (excludes halogenated alkanes) is 4. The van der Waals surface area contributed by atoms with Crippen molar-refractivity contribution in [1.82, 2.24) is 9.55 Å². The molecule has 0 aliphatic carbocycles. The summed E-state index contributed by atoms with van der Waals surface area (Å²) in [6.45, 7) is 2.73. The van der Waals surface area contributed by atoms with Crippen molar-refractivity contribution in [2.45, 2.75) is 58.1 Å². The molecule has 24 heavy (non-hydrogen) atoms. The number of carbonyl (C=O) groups excluding carboxylic acids is 1. The largest absolute Gasteiger partial charge is 0.456 e. The van der Waals surface area contributed by atoms with Crippen LogP contribution >= 0.6 is 11.6 Å². The third kappa shape index (κ3) is 6.36.